The van der Waals surface area contributed by atoms with E-state index in [4.69, 9.17) is 4.99 Å². The first kappa shape index (κ1) is 20.5. The molecule has 36 heavy (non-hydrogen) atoms. The number of carbonyl (C=O) groups excluding carboxylic acids is 1. The van der Waals surface area contributed by atoms with Crippen LogP contribution in [0.5, 0.6) is 0 Å². The van der Waals surface area contributed by atoms with Gasteiger partial charge in [-0.2, -0.15) is 0 Å². The Hall–Kier alpha value is -3.72. The van der Waals surface area contributed by atoms with Crippen molar-refractivity contribution in [1.82, 2.24) is 4.90 Å². The largest absolute Gasteiger partial charge is 0.313 e. The van der Waals surface area contributed by atoms with E-state index in [9.17, 15) is 4.79 Å². The van der Waals surface area contributed by atoms with Gasteiger partial charge < -0.3 is 4.90 Å². The number of nitrogens with zero attached hydrogens (tertiary/aromatic N) is 2. The molecule has 3 heteroatoms. The zero-order valence-corrected chi connectivity index (χ0v) is 20.3. The molecule has 176 valence electrons. The first-order chi connectivity index (χ1) is 17.8. The number of hydrogen-bond donors (Lipinski definition) is 0. The van der Waals surface area contributed by atoms with Crippen molar-refractivity contribution in [3.05, 3.63) is 124 Å². The number of rotatable bonds is 1. The fourth-order valence-corrected chi connectivity index (χ4v) is 7.82. The predicted octanol–water partition coefficient (Wildman–Crippen LogP) is 6.91. The van der Waals surface area contributed by atoms with Gasteiger partial charge in [0.25, 0.3) is 0 Å². The summed E-state index contributed by atoms with van der Waals surface area (Å²) in [5.41, 5.74) is 10.5. The third-order valence-electron chi connectivity index (χ3n) is 9.20. The zero-order valence-electron chi connectivity index (χ0n) is 20.3. The monoisotopic (exact) mass is 468 g/mol. The van der Waals surface area contributed by atoms with E-state index in [2.05, 4.69) is 65.6 Å². The molecule has 3 aromatic rings. The maximum absolute atomic E-state index is 13.4. The number of benzene rings is 3. The van der Waals surface area contributed by atoms with E-state index >= 15 is 0 Å². The van der Waals surface area contributed by atoms with Crippen molar-refractivity contribution in [2.75, 3.05) is 0 Å². The highest BCUT2D eigenvalue weighted by atomic mass is 16.1. The maximum Gasteiger partial charge on any atom is 0.188 e. The average Bonchev–Trinajstić information content (AvgIpc) is 3.26. The molecule has 3 nitrogen and oxygen atoms in total. The third kappa shape index (κ3) is 2.58. The van der Waals surface area contributed by atoms with E-state index < -0.39 is 0 Å². The molecular weight excluding hydrogens is 440 g/mol. The summed E-state index contributed by atoms with van der Waals surface area (Å²) in [6.45, 7) is 0. The van der Waals surface area contributed by atoms with E-state index in [1.165, 1.54) is 40.8 Å². The second-order valence-electron chi connectivity index (χ2n) is 10.9. The summed E-state index contributed by atoms with van der Waals surface area (Å²) >= 11 is 0. The Balaban J connectivity index is 1.46. The van der Waals surface area contributed by atoms with Gasteiger partial charge in [0.2, 0.25) is 0 Å². The number of aryl methyl sites for hydroxylation is 1. The summed E-state index contributed by atoms with van der Waals surface area (Å²) in [6, 6.07) is 28.1. The second kappa shape index (κ2) is 7.39. The van der Waals surface area contributed by atoms with Gasteiger partial charge in [-0.25, -0.2) is 0 Å². The van der Waals surface area contributed by atoms with E-state index in [0.29, 0.717) is 11.8 Å². The summed E-state index contributed by atoms with van der Waals surface area (Å²) in [5.74, 6) is 0.835. The lowest BCUT2D eigenvalue weighted by Gasteiger charge is -2.56. The van der Waals surface area contributed by atoms with Gasteiger partial charge in [-0.3, -0.25) is 9.79 Å². The summed E-state index contributed by atoms with van der Waals surface area (Å²) in [5, 5.41) is 0. The number of allylic oxidation sites excluding steroid dienone is 3. The summed E-state index contributed by atoms with van der Waals surface area (Å²) < 4.78 is 0. The van der Waals surface area contributed by atoms with Crippen molar-refractivity contribution in [3.63, 3.8) is 0 Å². The number of carbonyl (C=O) groups is 1. The molecule has 3 atom stereocenters. The normalized spacial score (nSPS) is 27.7. The van der Waals surface area contributed by atoms with Crippen molar-refractivity contribution < 1.29 is 4.79 Å². The van der Waals surface area contributed by atoms with Crippen LogP contribution in [-0.4, -0.2) is 22.1 Å². The molecule has 3 aliphatic carbocycles. The molecule has 0 aromatic heterocycles. The molecule has 5 aliphatic rings. The second-order valence-corrected chi connectivity index (χ2v) is 10.9. The molecular formula is C33H28N2O. The Bertz CT molecular complexity index is 1530. The SMILES string of the molecule is O=C1C=C2C(=N[C@]34CCCC[C@H]3[C@H](c3ccccc3)C3=C(c5ccccc5CC3)N24)c2ccccc21. The Morgan fingerprint density at radius 3 is 2.42 bits per heavy atom. The Kier molecular flexibility index (Phi) is 4.20. The Labute approximate surface area is 211 Å². The number of aliphatic imine (C=N–C) groups is 1. The minimum Gasteiger partial charge on any atom is -0.313 e. The van der Waals surface area contributed by atoms with Crippen molar-refractivity contribution in [2.45, 2.75) is 50.1 Å². The van der Waals surface area contributed by atoms with Crippen LogP contribution in [0.15, 0.2) is 101 Å². The van der Waals surface area contributed by atoms with Gasteiger partial charge in [0.05, 0.1) is 17.1 Å². The molecule has 0 N–H and O–H groups in total. The fourth-order valence-electron chi connectivity index (χ4n) is 7.82. The third-order valence-corrected chi connectivity index (χ3v) is 9.20. The van der Waals surface area contributed by atoms with Crippen LogP contribution < -0.4 is 0 Å². The van der Waals surface area contributed by atoms with Gasteiger partial charge in [0.1, 0.15) is 5.66 Å². The molecule has 0 saturated heterocycles. The van der Waals surface area contributed by atoms with Crippen LogP contribution in [0.3, 0.4) is 0 Å². The number of hydrogen-bond acceptors (Lipinski definition) is 3. The van der Waals surface area contributed by atoms with Crippen molar-refractivity contribution in [3.8, 4) is 0 Å². The number of ketones is 1. The van der Waals surface area contributed by atoms with Gasteiger partial charge >= 0.3 is 0 Å². The highest BCUT2D eigenvalue weighted by molar-refractivity contribution is 6.27. The predicted molar refractivity (Wildman–Crippen MR) is 143 cm³/mol. The van der Waals surface area contributed by atoms with Crippen LogP contribution in [0.25, 0.3) is 5.70 Å². The van der Waals surface area contributed by atoms with Crippen molar-refractivity contribution in [2.24, 2.45) is 10.9 Å². The topological polar surface area (TPSA) is 32.7 Å². The Morgan fingerprint density at radius 1 is 0.806 bits per heavy atom. The molecule has 0 bridgehead atoms. The maximum atomic E-state index is 13.4. The van der Waals surface area contributed by atoms with Crippen molar-refractivity contribution >= 4 is 17.2 Å². The van der Waals surface area contributed by atoms with Crippen LogP contribution in [0, 0.1) is 5.92 Å². The van der Waals surface area contributed by atoms with Gasteiger partial charge in [-0.1, -0.05) is 85.3 Å². The lowest BCUT2D eigenvalue weighted by atomic mass is 9.62. The minimum absolute atomic E-state index is 0.0976. The van der Waals surface area contributed by atoms with Gasteiger partial charge in [0, 0.05) is 34.6 Å². The van der Waals surface area contributed by atoms with Gasteiger partial charge in [-0.15, -0.1) is 0 Å². The first-order valence-electron chi connectivity index (χ1n) is 13.4. The van der Waals surface area contributed by atoms with Crippen LogP contribution in [0.4, 0.5) is 0 Å². The molecule has 1 spiro atoms. The van der Waals surface area contributed by atoms with E-state index in [0.717, 1.165) is 48.2 Å². The molecule has 1 fully saturated rings. The Morgan fingerprint density at radius 2 is 1.56 bits per heavy atom. The smallest absolute Gasteiger partial charge is 0.188 e. The van der Waals surface area contributed by atoms with Crippen LogP contribution in [-0.2, 0) is 6.42 Å². The average molecular weight is 469 g/mol. The molecule has 2 aliphatic heterocycles. The van der Waals surface area contributed by atoms with Crippen LogP contribution >= 0.6 is 0 Å². The summed E-state index contributed by atoms with van der Waals surface area (Å²) in [6.07, 6.45) is 8.60. The van der Waals surface area contributed by atoms with E-state index in [1.54, 1.807) is 0 Å². The molecule has 8 rings (SSSR count). The molecule has 0 amide bonds. The number of fused-ring (bicyclic) bond motifs is 7. The summed E-state index contributed by atoms with van der Waals surface area (Å²) in [4.78, 5) is 21.6. The van der Waals surface area contributed by atoms with E-state index in [1.807, 2.05) is 24.3 Å². The van der Waals surface area contributed by atoms with Crippen molar-refractivity contribution in [1.29, 1.82) is 0 Å². The summed E-state index contributed by atoms with van der Waals surface area (Å²) in [7, 11) is 0. The molecule has 1 saturated carbocycles. The van der Waals surface area contributed by atoms with E-state index in [-0.39, 0.29) is 11.4 Å². The zero-order chi connectivity index (χ0) is 23.9. The lowest BCUT2D eigenvalue weighted by molar-refractivity contribution is 0.0621. The highest BCUT2D eigenvalue weighted by Gasteiger charge is 2.60. The lowest BCUT2D eigenvalue weighted by Crippen LogP contribution is -2.55. The molecule has 2 heterocycles. The van der Waals surface area contributed by atoms with Gasteiger partial charge in [-0.05, 0) is 48.8 Å². The molecule has 0 unspecified atom stereocenters. The fraction of sp³-hybridized carbons (Fsp3) is 0.273. The quantitative estimate of drug-likeness (QED) is 0.389. The molecule has 0 radical (unpaired) electrons. The standard InChI is InChI=1S/C33H28N2O/c36-29-20-28-31(25-15-7-6-14-24(25)29)34-33-19-9-8-16-27(33)30(22-11-2-1-3-12-22)26-18-17-21-10-4-5-13-23(21)32(26)35(28)33/h1-7,10-15,20,27,30H,8-9,16-19H2/t27-,30+,33-/m0/s1. The first-order valence-corrected chi connectivity index (χ1v) is 13.4. The molecule has 3 aromatic carbocycles. The highest BCUT2D eigenvalue weighted by Crippen LogP contribution is 2.62. The minimum atomic E-state index is -0.346. The van der Waals surface area contributed by atoms with Crippen LogP contribution in [0.1, 0.15) is 70.6 Å². The van der Waals surface area contributed by atoms with Gasteiger partial charge in [0.15, 0.2) is 5.78 Å². The van der Waals surface area contributed by atoms with Crippen LogP contribution in [0.2, 0.25) is 0 Å².